The van der Waals surface area contributed by atoms with Gasteiger partial charge in [-0.3, -0.25) is 18.7 Å². The number of halogens is 1. The fourth-order valence-corrected chi connectivity index (χ4v) is 4.38. The molecular weight excluding hydrogens is 466 g/mol. The van der Waals surface area contributed by atoms with Crippen molar-refractivity contribution >= 4 is 45.3 Å². The van der Waals surface area contributed by atoms with Crippen LogP contribution >= 0.6 is 11.6 Å². The van der Waals surface area contributed by atoms with Gasteiger partial charge in [-0.2, -0.15) is 0 Å². The van der Waals surface area contributed by atoms with E-state index >= 15 is 0 Å². The van der Waals surface area contributed by atoms with Crippen molar-refractivity contribution in [3.63, 3.8) is 0 Å². The molecule has 0 radical (unpaired) electrons. The van der Waals surface area contributed by atoms with Gasteiger partial charge in [0.1, 0.15) is 17.6 Å². The number of aryl methyl sites for hydroxylation is 1. The van der Waals surface area contributed by atoms with Crippen molar-refractivity contribution in [2.75, 3.05) is 5.32 Å². The number of hydrogen-bond donors (Lipinski definition) is 1. The Morgan fingerprint density at radius 1 is 0.943 bits per heavy atom. The van der Waals surface area contributed by atoms with Crippen LogP contribution in [-0.2, 0) is 24.3 Å². The smallest absolute Gasteiger partial charge is 0.332 e. The summed E-state index contributed by atoms with van der Waals surface area (Å²) >= 11 is 6.18. The van der Waals surface area contributed by atoms with E-state index in [4.69, 9.17) is 16.0 Å². The molecule has 0 atom stereocenters. The summed E-state index contributed by atoms with van der Waals surface area (Å²) in [7, 11) is 0. The highest BCUT2D eigenvalue weighted by Crippen LogP contribution is 2.26. The van der Waals surface area contributed by atoms with Gasteiger partial charge in [-0.05, 0) is 48.7 Å². The molecule has 5 aromatic rings. The number of nitrogens with one attached hydrogen (secondary N) is 1. The zero-order valence-electron chi connectivity index (χ0n) is 19.0. The van der Waals surface area contributed by atoms with Gasteiger partial charge in [0.15, 0.2) is 0 Å². The van der Waals surface area contributed by atoms with Gasteiger partial charge in [0.05, 0.1) is 0 Å². The number of rotatable bonds is 6. The van der Waals surface area contributed by atoms with Crippen LogP contribution in [0.3, 0.4) is 0 Å². The number of aromatic nitrogens is 2. The van der Waals surface area contributed by atoms with E-state index in [1.165, 1.54) is 4.57 Å². The molecule has 2 heterocycles. The Bertz CT molecular complexity index is 1680. The second kappa shape index (κ2) is 9.27. The fraction of sp³-hybridized carbons (Fsp3) is 0.148. The maximum atomic E-state index is 13.6. The van der Waals surface area contributed by atoms with Gasteiger partial charge in [0.25, 0.3) is 5.56 Å². The summed E-state index contributed by atoms with van der Waals surface area (Å²) < 4.78 is 8.31. The molecule has 0 aliphatic rings. The number of carbonyl (C=O) groups is 1. The quantitative estimate of drug-likeness (QED) is 0.374. The molecule has 35 heavy (non-hydrogen) atoms. The Morgan fingerprint density at radius 2 is 1.69 bits per heavy atom. The van der Waals surface area contributed by atoms with Crippen LogP contribution in [-0.4, -0.2) is 15.0 Å². The van der Waals surface area contributed by atoms with Crippen LogP contribution in [0, 0.1) is 6.92 Å². The van der Waals surface area contributed by atoms with Crippen molar-refractivity contribution in [1.82, 2.24) is 9.13 Å². The number of carbonyl (C=O) groups excluding carboxylic acids is 1. The Balaban J connectivity index is 1.60. The molecule has 7 nitrogen and oxygen atoms in total. The van der Waals surface area contributed by atoms with E-state index in [0.717, 1.165) is 15.7 Å². The highest BCUT2D eigenvalue weighted by Gasteiger charge is 2.21. The van der Waals surface area contributed by atoms with Crippen LogP contribution in [0.15, 0.2) is 86.8 Å². The monoisotopic (exact) mass is 487 g/mol. The summed E-state index contributed by atoms with van der Waals surface area (Å²) in [5, 5.41) is 3.94. The first-order valence-corrected chi connectivity index (χ1v) is 11.6. The molecule has 5 rings (SSSR count). The van der Waals surface area contributed by atoms with E-state index in [0.29, 0.717) is 33.6 Å². The minimum absolute atomic E-state index is 0.0468. The van der Waals surface area contributed by atoms with E-state index in [9.17, 15) is 14.4 Å². The predicted molar refractivity (Wildman–Crippen MR) is 137 cm³/mol. The van der Waals surface area contributed by atoms with Crippen LogP contribution in [0.2, 0.25) is 5.02 Å². The first-order valence-electron chi connectivity index (χ1n) is 11.2. The lowest BCUT2D eigenvalue weighted by molar-refractivity contribution is -0.116. The molecule has 8 heteroatoms. The van der Waals surface area contributed by atoms with Crippen LogP contribution < -0.4 is 16.6 Å². The predicted octanol–water partition coefficient (Wildman–Crippen LogP) is 4.75. The number of furan rings is 1. The normalized spacial score (nSPS) is 11.3. The molecule has 3 aromatic carbocycles. The first-order chi connectivity index (χ1) is 16.9. The molecule has 0 spiro atoms. The largest absolute Gasteiger partial charge is 0.449 e. The van der Waals surface area contributed by atoms with Crippen LogP contribution in [0.5, 0.6) is 0 Å². The molecule has 0 aliphatic heterocycles. The first kappa shape index (κ1) is 22.7. The third kappa shape index (κ3) is 4.26. The van der Waals surface area contributed by atoms with Crippen molar-refractivity contribution in [3.8, 4) is 0 Å². The number of benzene rings is 3. The number of hydrogen-bond acceptors (Lipinski definition) is 4. The zero-order chi connectivity index (χ0) is 24.5. The molecular formula is C27H22ClN3O4. The summed E-state index contributed by atoms with van der Waals surface area (Å²) in [4.78, 5) is 39.9. The van der Waals surface area contributed by atoms with Crippen molar-refractivity contribution in [1.29, 1.82) is 0 Å². The standard InChI is InChI=1S/C27H22ClN3O4/c1-17-20(28)11-7-12-21(17)29-23(32)16-31-24-19-10-5-6-13-22(19)35-25(24)26(33)30(27(31)34)15-14-18-8-3-2-4-9-18/h2-13H,14-16H2,1H3,(H,29,32). The summed E-state index contributed by atoms with van der Waals surface area (Å²) in [5.41, 5.74) is 2.02. The van der Waals surface area contributed by atoms with Gasteiger partial charge < -0.3 is 9.73 Å². The highest BCUT2D eigenvalue weighted by molar-refractivity contribution is 6.31. The highest BCUT2D eigenvalue weighted by atomic mass is 35.5. The van der Waals surface area contributed by atoms with Crippen LogP contribution in [0.1, 0.15) is 11.1 Å². The lowest BCUT2D eigenvalue weighted by Crippen LogP contribution is -2.41. The lowest BCUT2D eigenvalue weighted by Gasteiger charge is -2.13. The number of fused-ring (bicyclic) bond motifs is 3. The van der Waals surface area contributed by atoms with Gasteiger partial charge in [-0.15, -0.1) is 0 Å². The maximum absolute atomic E-state index is 13.6. The minimum atomic E-state index is -0.567. The molecule has 176 valence electrons. The number of amides is 1. The minimum Gasteiger partial charge on any atom is -0.449 e. The van der Waals surface area contributed by atoms with E-state index in [1.54, 1.807) is 49.4 Å². The average Bonchev–Trinajstić information content (AvgIpc) is 3.25. The van der Waals surface area contributed by atoms with Crippen molar-refractivity contribution in [2.24, 2.45) is 0 Å². The third-order valence-electron chi connectivity index (χ3n) is 6.05. The SMILES string of the molecule is Cc1c(Cl)cccc1NC(=O)Cn1c(=O)n(CCc2ccccc2)c(=O)c2oc3ccccc3c21. The zero-order valence-corrected chi connectivity index (χ0v) is 19.7. The van der Waals surface area contributed by atoms with Crippen molar-refractivity contribution in [3.05, 3.63) is 110 Å². The molecule has 0 bridgehead atoms. The van der Waals surface area contributed by atoms with E-state index in [-0.39, 0.29) is 18.7 Å². The Hall–Kier alpha value is -4.10. The van der Waals surface area contributed by atoms with Crippen LogP contribution in [0.4, 0.5) is 5.69 Å². The van der Waals surface area contributed by atoms with Gasteiger partial charge in [-0.25, -0.2) is 4.79 Å². The second-order valence-corrected chi connectivity index (χ2v) is 8.70. The average molecular weight is 488 g/mol. The van der Waals surface area contributed by atoms with Gasteiger partial charge in [0.2, 0.25) is 11.5 Å². The summed E-state index contributed by atoms with van der Waals surface area (Å²) in [5.74, 6) is -0.419. The van der Waals surface area contributed by atoms with E-state index in [2.05, 4.69) is 5.32 Å². The van der Waals surface area contributed by atoms with Crippen molar-refractivity contribution < 1.29 is 9.21 Å². The third-order valence-corrected chi connectivity index (χ3v) is 6.46. The Kier molecular flexibility index (Phi) is 6.01. The maximum Gasteiger partial charge on any atom is 0.332 e. The Labute approximate surface area is 205 Å². The molecule has 0 aliphatic carbocycles. The van der Waals surface area contributed by atoms with E-state index in [1.807, 2.05) is 30.3 Å². The summed E-state index contributed by atoms with van der Waals surface area (Å²) in [6, 6.07) is 21.9. The topological polar surface area (TPSA) is 86.2 Å². The molecule has 1 amide bonds. The lowest BCUT2D eigenvalue weighted by atomic mass is 10.1. The number of nitrogens with zero attached hydrogens (tertiary/aromatic N) is 2. The molecule has 0 saturated heterocycles. The molecule has 0 saturated carbocycles. The second-order valence-electron chi connectivity index (χ2n) is 8.30. The molecule has 1 N–H and O–H groups in total. The molecule has 2 aromatic heterocycles. The van der Waals surface area contributed by atoms with Gasteiger partial charge in [-0.1, -0.05) is 60.1 Å². The van der Waals surface area contributed by atoms with Crippen LogP contribution in [0.25, 0.3) is 22.1 Å². The van der Waals surface area contributed by atoms with Gasteiger partial charge in [0, 0.05) is 22.6 Å². The summed E-state index contributed by atoms with van der Waals surface area (Å²) in [6.45, 7) is 1.66. The van der Waals surface area contributed by atoms with Gasteiger partial charge >= 0.3 is 5.69 Å². The molecule has 0 fully saturated rings. The Morgan fingerprint density at radius 3 is 2.49 bits per heavy atom. The number of anilines is 1. The molecule has 0 unspecified atom stereocenters. The fourth-order valence-electron chi connectivity index (χ4n) is 4.20. The van der Waals surface area contributed by atoms with Crippen molar-refractivity contribution in [2.45, 2.75) is 26.4 Å². The number of para-hydroxylation sites is 1. The summed E-state index contributed by atoms with van der Waals surface area (Å²) in [6.07, 6.45) is 0.482. The van der Waals surface area contributed by atoms with E-state index < -0.39 is 17.2 Å².